The number of hydrogen-bond acceptors (Lipinski definition) is 3. The van der Waals surface area contributed by atoms with Crippen LogP contribution in [0.2, 0.25) is 0 Å². The number of carbonyl (C=O) groups excluding carboxylic acids is 1. The number of methoxy groups -OCH3 is 1. The summed E-state index contributed by atoms with van der Waals surface area (Å²) in [6, 6.07) is 5.25. The third-order valence-corrected chi connectivity index (χ3v) is 3.82. The van der Waals surface area contributed by atoms with Gasteiger partial charge in [0.2, 0.25) is 0 Å². The predicted molar refractivity (Wildman–Crippen MR) is 76.3 cm³/mol. The molecule has 0 radical (unpaired) electrons. The van der Waals surface area contributed by atoms with Crippen LogP contribution in [-0.2, 0) is 0 Å². The number of nitrogens with one attached hydrogen (secondary N) is 1. The van der Waals surface area contributed by atoms with Gasteiger partial charge >= 0.3 is 0 Å². The van der Waals surface area contributed by atoms with E-state index in [4.69, 9.17) is 10.5 Å². The number of amides is 1. The Labute approximate surface area is 114 Å². The Bertz CT molecular complexity index is 440. The fraction of sp³-hybridized carbons (Fsp3) is 0.533. The summed E-state index contributed by atoms with van der Waals surface area (Å²) in [5.74, 6) is 1.15. The molecule has 2 rings (SSSR count). The molecule has 3 N–H and O–H groups in total. The van der Waals surface area contributed by atoms with Gasteiger partial charge in [0.25, 0.3) is 5.91 Å². The van der Waals surface area contributed by atoms with Crippen LogP contribution in [-0.4, -0.2) is 19.6 Å². The Morgan fingerprint density at radius 3 is 2.84 bits per heavy atom. The van der Waals surface area contributed by atoms with Gasteiger partial charge in [0.05, 0.1) is 7.11 Å². The van der Waals surface area contributed by atoms with Crippen LogP contribution < -0.4 is 15.8 Å². The summed E-state index contributed by atoms with van der Waals surface area (Å²) in [6.45, 7) is 0.709. The first-order valence-electron chi connectivity index (χ1n) is 6.93. The van der Waals surface area contributed by atoms with Gasteiger partial charge in [-0.05, 0) is 24.5 Å². The van der Waals surface area contributed by atoms with Gasteiger partial charge in [0, 0.05) is 12.2 Å². The normalized spacial score (nSPS) is 15.4. The molecular formula is C15H22N2O2. The van der Waals surface area contributed by atoms with E-state index in [9.17, 15) is 4.79 Å². The van der Waals surface area contributed by atoms with Gasteiger partial charge in [-0.3, -0.25) is 4.79 Å². The lowest BCUT2D eigenvalue weighted by atomic mass is 10.0. The molecule has 1 saturated carbocycles. The topological polar surface area (TPSA) is 64.3 Å². The van der Waals surface area contributed by atoms with E-state index in [0.29, 0.717) is 23.5 Å². The van der Waals surface area contributed by atoms with Crippen LogP contribution in [0.5, 0.6) is 5.75 Å². The largest absolute Gasteiger partial charge is 0.496 e. The lowest BCUT2D eigenvalue weighted by Crippen LogP contribution is -2.27. The van der Waals surface area contributed by atoms with Crippen LogP contribution in [0.25, 0.3) is 0 Å². The van der Waals surface area contributed by atoms with Crippen molar-refractivity contribution in [2.45, 2.75) is 32.1 Å². The fourth-order valence-corrected chi connectivity index (χ4v) is 2.74. The molecule has 4 nitrogen and oxygen atoms in total. The van der Waals surface area contributed by atoms with Crippen LogP contribution >= 0.6 is 0 Å². The smallest absolute Gasteiger partial charge is 0.257 e. The Kier molecular flexibility index (Phi) is 4.66. The molecule has 1 aromatic rings. The van der Waals surface area contributed by atoms with Gasteiger partial charge in [-0.15, -0.1) is 0 Å². The molecular weight excluding hydrogens is 240 g/mol. The number of ether oxygens (including phenoxy) is 1. The lowest BCUT2D eigenvalue weighted by molar-refractivity contribution is 0.0949. The van der Waals surface area contributed by atoms with Crippen LogP contribution in [0.15, 0.2) is 18.2 Å². The second-order valence-corrected chi connectivity index (χ2v) is 5.12. The van der Waals surface area contributed by atoms with E-state index < -0.39 is 0 Å². The molecule has 0 unspecified atom stereocenters. The van der Waals surface area contributed by atoms with Crippen LogP contribution in [0.1, 0.15) is 42.5 Å². The monoisotopic (exact) mass is 262 g/mol. The van der Waals surface area contributed by atoms with Gasteiger partial charge < -0.3 is 15.8 Å². The Balaban J connectivity index is 1.92. The van der Waals surface area contributed by atoms with E-state index in [1.54, 1.807) is 25.3 Å². The maximum atomic E-state index is 12.1. The van der Waals surface area contributed by atoms with Gasteiger partial charge in [0.1, 0.15) is 11.3 Å². The molecule has 1 fully saturated rings. The van der Waals surface area contributed by atoms with Crippen molar-refractivity contribution in [1.29, 1.82) is 0 Å². The summed E-state index contributed by atoms with van der Waals surface area (Å²) in [7, 11) is 1.55. The molecule has 0 heterocycles. The zero-order chi connectivity index (χ0) is 13.7. The molecule has 0 atom stereocenters. The second-order valence-electron chi connectivity index (χ2n) is 5.12. The van der Waals surface area contributed by atoms with Gasteiger partial charge in [-0.1, -0.05) is 31.7 Å². The first kappa shape index (κ1) is 13.7. The minimum absolute atomic E-state index is 0.145. The predicted octanol–water partition coefficient (Wildman–Crippen LogP) is 2.59. The molecule has 0 saturated heterocycles. The number of hydrogen-bond donors (Lipinski definition) is 2. The first-order valence-corrected chi connectivity index (χ1v) is 6.93. The van der Waals surface area contributed by atoms with Gasteiger partial charge in [-0.25, -0.2) is 0 Å². The standard InChI is InChI=1S/C15H22N2O2/c1-19-13-8-4-7-12(16)14(13)15(18)17-10-9-11-5-2-3-6-11/h4,7-8,11H,2-3,5-6,9-10,16H2,1H3,(H,17,18). The van der Waals surface area contributed by atoms with Crippen molar-refractivity contribution in [3.63, 3.8) is 0 Å². The van der Waals surface area contributed by atoms with Crippen molar-refractivity contribution in [3.8, 4) is 5.75 Å². The number of rotatable bonds is 5. The van der Waals surface area contributed by atoms with E-state index in [2.05, 4.69) is 5.32 Å². The molecule has 104 valence electrons. The van der Waals surface area contributed by atoms with Crippen molar-refractivity contribution < 1.29 is 9.53 Å². The maximum Gasteiger partial charge on any atom is 0.257 e. The highest BCUT2D eigenvalue weighted by atomic mass is 16.5. The highest BCUT2D eigenvalue weighted by molar-refractivity contribution is 6.01. The van der Waals surface area contributed by atoms with Crippen LogP contribution in [0.4, 0.5) is 5.69 Å². The molecule has 0 spiro atoms. The minimum Gasteiger partial charge on any atom is -0.496 e. The van der Waals surface area contributed by atoms with Crippen molar-refractivity contribution in [3.05, 3.63) is 23.8 Å². The van der Waals surface area contributed by atoms with E-state index in [1.807, 2.05) is 0 Å². The van der Waals surface area contributed by atoms with E-state index >= 15 is 0 Å². The van der Waals surface area contributed by atoms with Crippen LogP contribution in [0, 0.1) is 5.92 Å². The van der Waals surface area contributed by atoms with Crippen molar-refractivity contribution in [2.75, 3.05) is 19.4 Å². The third kappa shape index (κ3) is 3.40. The molecule has 0 bridgehead atoms. The number of carbonyl (C=O) groups is 1. The summed E-state index contributed by atoms with van der Waals surface area (Å²) in [4.78, 5) is 12.1. The average molecular weight is 262 g/mol. The summed E-state index contributed by atoms with van der Waals surface area (Å²) in [5, 5.41) is 2.94. The van der Waals surface area contributed by atoms with Gasteiger partial charge in [0.15, 0.2) is 0 Å². The highest BCUT2D eigenvalue weighted by Crippen LogP contribution is 2.27. The lowest BCUT2D eigenvalue weighted by Gasteiger charge is -2.13. The first-order chi connectivity index (χ1) is 9.22. The molecule has 0 aliphatic heterocycles. The van der Waals surface area contributed by atoms with E-state index in [0.717, 1.165) is 12.3 Å². The number of nitrogen functional groups attached to an aromatic ring is 1. The van der Waals surface area contributed by atoms with E-state index in [1.165, 1.54) is 25.7 Å². The molecule has 1 aliphatic carbocycles. The zero-order valence-corrected chi connectivity index (χ0v) is 11.4. The molecule has 0 aromatic heterocycles. The molecule has 1 aliphatic rings. The summed E-state index contributed by atoms with van der Waals surface area (Å²) < 4.78 is 5.19. The number of anilines is 1. The number of benzene rings is 1. The average Bonchev–Trinajstić information content (AvgIpc) is 2.91. The Morgan fingerprint density at radius 2 is 2.16 bits per heavy atom. The minimum atomic E-state index is -0.145. The van der Waals surface area contributed by atoms with Crippen molar-refractivity contribution in [2.24, 2.45) is 5.92 Å². The summed E-state index contributed by atoms with van der Waals surface area (Å²) in [6.07, 6.45) is 6.32. The molecule has 1 amide bonds. The molecule has 1 aromatic carbocycles. The maximum absolute atomic E-state index is 12.1. The van der Waals surface area contributed by atoms with Crippen molar-refractivity contribution in [1.82, 2.24) is 5.32 Å². The molecule has 19 heavy (non-hydrogen) atoms. The number of nitrogens with two attached hydrogens (primary N) is 1. The summed E-state index contributed by atoms with van der Waals surface area (Å²) >= 11 is 0. The highest BCUT2D eigenvalue weighted by Gasteiger charge is 2.17. The summed E-state index contributed by atoms with van der Waals surface area (Å²) in [5.41, 5.74) is 6.75. The zero-order valence-electron chi connectivity index (χ0n) is 11.4. The Hall–Kier alpha value is -1.71. The SMILES string of the molecule is COc1cccc(N)c1C(=O)NCCC1CCCC1. The van der Waals surface area contributed by atoms with Crippen LogP contribution in [0.3, 0.4) is 0 Å². The van der Waals surface area contributed by atoms with Gasteiger partial charge in [-0.2, -0.15) is 0 Å². The Morgan fingerprint density at radius 1 is 1.42 bits per heavy atom. The van der Waals surface area contributed by atoms with Crippen molar-refractivity contribution >= 4 is 11.6 Å². The second kappa shape index (κ2) is 6.45. The quantitative estimate of drug-likeness (QED) is 0.802. The third-order valence-electron chi connectivity index (χ3n) is 3.82. The van der Waals surface area contributed by atoms with E-state index in [-0.39, 0.29) is 5.91 Å². The fourth-order valence-electron chi connectivity index (χ4n) is 2.74. The molecule has 4 heteroatoms.